The van der Waals surface area contributed by atoms with Crippen LogP contribution >= 0.6 is 0 Å². The maximum Gasteiger partial charge on any atom is 0.338 e. The number of ether oxygens (including phenoxy) is 1. The first-order valence-electron chi connectivity index (χ1n) is 6.64. The van der Waals surface area contributed by atoms with Gasteiger partial charge >= 0.3 is 5.97 Å². The molecule has 0 fully saturated rings. The van der Waals surface area contributed by atoms with Crippen LogP contribution in [0.1, 0.15) is 15.9 Å². The van der Waals surface area contributed by atoms with Gasteiger partial charge in [-0.1, -0.05) is 30.3 Å². The molecular formula is C17H14N2O2. The van der Waals surface area contributed by atoms with Gasteiger partial charge in [0.15, 0.2) is 0 Å². The van der Waals surface area contributed by atoms with Gasteiger partial charge in [-0.3, -0.25) is 0 Å². The van der Waals surface area contributed by atoms with Crippen molar-refractivity contribution in [3.05, 3.63) is 84.2 Å². The summed E-state index contributed by atoms with van der Waals surface area (Å²) in [7, 11) is 0. The molecule has 0 aliphatic rings. The van der Waals surface area contributed by atoms with Crippen molar-refractivity contribution >= 4 is 5.97 Å². The molecule has 4 heteroatoms. The number of nitrogens with zero attached hydrogens (tertiary/aromatic N) is 2. The van der Waals surface area contributed by atoms with Crippen molar-refractivity contribution in [1.82, 2.24) is 9.78 Å². The summed E-state index contributed by atoms with van der Waals surface area (Å²) in [5, 5.41) is 4.16. The van der Waals surface area contributed by atoms with E-state index in [1.165, 1.54) is 0 Å². The number of hydrogen-bond acceptors (Lipinski definition) is 3. The van der Waals surface area contributed by atoms with Crippen LogP contribution in [0.4, 0.5) is 0 Å². The van der Waals surface area contributed by atoms with E-state index in [9.17, 15) is 4.79 Å². The maximum atomic E-state index is 11.8. The molecule has 0 unspecified atom stereocenters. The van der Waals surface area contributed by atoms with E-state index in [4.69, 9.17) is 4.74 Å². The summed E-state index contributed by atoms with van der Waals surface area (Å²) < 4.78 is 7.06. The van der Waals surface area contributed by atoms with Crippen LogP contribution in [-0.4, -0.2) is 15.7 Å². The van der Waals surface area contributed by atoms with E-state index in [1.54, 1.807) is 23.0 Å². The van der Waals surface area contributed by atoms with Crippen LogP contribution < -0.4 is 0 Å². The molecule has 0 radical (unpaired) electrons. The summed E-state index contributed by atoms with van der Waals surface area (Å²) in [5.41, 5.74) is 2.47. The predicted octanol–water partition coefficient (Wildman–Crippen LogP) is 3.23. The number of carbonyl (C=O) groups is 1. The Morgan fingerprint density at radius 2 is 1.76 bits per heavy atom. The highest BCUT2D eigenvalue weighted by Crippen LogP contribution is 2.10. The summed E-state index contributed by atoms with van der Waals surface area (Å²) >= 11 is 0. The van der Waals surface area contributed by atoms with Crippen LogP contribution in [-0.2, 0) is 11.3 Å². The fourth-order valence-electron chi connectivity index (χ4n) is 1.97. The van der Waals surface area contributed by atoms with Gasteiger partial charge in [0.05, 0.1) is 11.3 Å². The molecule has 0 aliphatic carbocycles. The van der Waals surface area contributed by atoms with Gasteiger partial charge in [0.2, 0.25) is 0 Å². The fourth-order valence-corrected chi connectivity index (χ4v) is 1.97. The third kappa shape index (κ3) is 3.17. The predicted molar refractivity (Wildman–Crippen MR) is 79.1 cm³/mol. The lowest BCUT2D eigenvalue weighted by Gasteiger charge is -2.06. The molecule has 0 amide bonds. The van der Waals surface area contributed by atoms with E-state index < -0.39 is 0 Å². The van der Waals surface area contributed by atoms with E-state index in [-0.39, 0.29) is 12.6 Å². The molecular weight excluding hydrogens is 264 g/mol. The van der Waals surface area contributed by atoms with Gasteiger partial charge in [-0.2, -0.15) is 5.10 Å². The molecule has 0 aliphatic heterocycles. The zero-order valence-electron chi connectivity index (χ0n) is 11.3. The zero-order chi connectivity index (χ0) is 14.5. The first-order valence-corrected chi connectivity index (χ1v) is 6.64. The van der Waals surface area contributed by atoms with Crippen molar-refractivity contribution in [1.29, 1.82) is 0 Å². The Kier molecular flexibility index (Phi) is 3.78. The topological polar surface area (TPSA) is 44.1 Å². The van der Waals surface area contributed by atoms with Crippen molar-refractivity contribution in [3.63, 3.8) is 0 Å². The number of esters is 1. The van der Waals surface area contributed by atoms with Gasteiger partial charge in [-0.05, 0) is 35.9 Å². The Hall–Kier alpha value is -2.88. The standard InChI is InChI=1S/C17H14N2O2/c20-17(15-5-2-1-3-6-15)21-13-14-7-9-16(10-8-14)19-12-4-11-18-19/h1-12H,13H2. The van der Waals surface area contributed by atoms with Gasteiger partial charge < -0.3 is 4.74 Å². The maximum absolute atomic E-state index is 11.8. The van der Waals surface area contributed by atoms with Gasteiger partial charge in [0.1, 0.15) is 6.61 Å². The number of aromatic nitrogens is 2. The largest absolute Gasteiger partial charge is 0.457 e. The van der Waals surface area contributed by atoms with Crippen LogP contribution in [0.5, 0.6) is 0 Å². The Bertz CT molecular complexity index is 704. The minimum atomic E-state index is -0.313. The molecule has 104 valence electrons. The first kappa shape index (κ1) is 13.1. The minimum absolute atomic E-state index is 0.257. The van der Waals surface area contributed by atoms with Crippen LogP contribution in [0, 0.1) is 0 Å². The lowest BCUT2D eigenvalue weighted by atomic mass is 10.2. The number of carbonyl (C=O) groups excluding carboxylic acids is 1. The monoisotopic (exact) mass is 278 g/mol. The fraction of sp³-hybridized carbons (Fsp3) is 0.0588. The molecule has 0 bridgehead atoms. The molecule has 21 heavy (non-hydrogen) atoms. The highest BCUT2D eigenvalue weighted by atomic mass is 16.5. The Morgan fingerprint density at radius 1 is 1.00 bits per heavy atom. The SMILES string of the molecule is O=C(OCc1ccc(-n2cccn2)cc1)c1ccccc1. The number of hydrogen-bond donors (Lipinski definition) is 0. The highest BCUT2D eigenvalue weighted by molar-refractivity contribution is 5.89. The van der Waals surface area contributed by atoms with E-state index in [0.29, 0.717) is 5.56 Å². The first-order chi connectivity index (χ1) is 10.3. The van der Waals surface area contributed by atoms with Crippen LogP contribution in [0.25, 0.3) is 5.69 Å². The Balaban J connectivity index is 1.62. The Morgan fingerprint density at radius 3 is 2.43 bits per heavy atom. The minimum Gasteiger partial charge on any atom is -0.457 e. The molecule has 1 aromatic heterocycles. The van der Waals surface area contributed by atoms with Gasteiger partial charge in [-0.25, -0.2) is 9.48 Å². The smallest absolute Gasteiger partial charge is 0.338 e. The molecule has 0 saturated carbocycles. The van der Waals surface area contributed by atoms with Crippen molar-refractivity contribution in [3.8, 4) is 5.69 Å². The third-order valence-electron chi connectivity index (χ3n) is 3.08. The van der Waals surface area contributed by atoms with Crippen LogP contribution in [0.2, 0.25) is 0 Å². The van der Waals surface area contributed by atoms with Crippen molar-refractivity contribution < 1.29 is 9.53 Å². The van der Waals surface area contributed by atoms with Crippen LogP contribution in [0.15, 0.2) is 73.1 Å². The molecule has 3 rings (SSSR count). The number of benzene rings is 2. The number of rotatable bonds is 4. The lowest BCUT2D eigenvalue weighted by molar-refractivity contribution is 0.0472. The summed E-state index contributed by atoms with van der Waals surface area (Å²) in [6.45, 7) is 0.257. The van der Waals surface area contributed by atoms with Crippen molar-refractivity contribution in [2.75, 3.05) is 0 Å². The average molecular weight is 278 g/mol. The molecule has 0 N–H and O–H groups in total. The third-order valence-corrected chi connectivity index (χ3v) is 3.08. The normalized spacial score (nSPS) is 10.3. The lowest BCUT2D eigenvalue weighted by Crippen LogP contribution is -2.05. The molecule has 0 spiro atoms. The second-order valence-electron chi connectivity index (χ2n) is 4.56. The Labute approximate surface area is 122 Å². The molecule has 1 heterocycles. The zero-order valence-corrected chi connectivity index (χ0v) is 11.3. The highest BCUT2D eigenvalue weighted by Gasteiger charge is 2.06. The average Bonchev–Trinajstić information content (AvgIpc) is 3.08. The summed E-state index contributed by atoms with van der Waals surface area (Å²) in [4.78, 5) is 11.8. The summed E-state index contributed by atoms with van der Waals surface area (Å²) in [6.07, 6.45) is 3.61. The van der Waals surface area contributed by atoms with E-state index in [2.05, 4.69) is 5.10 Å². The van der Waals surface area contributed by atoms with Gasteiger partial charge in [-0.15, -0.1) is 0 Å². The molecule has 0 atom stereocenters. The molecule has 0 saturated heterocycles. The van der Waals surface area contributed by atoms with E-state index in [0.717, 1.165) is 11.3 Å². The molecule has 3 aromatic rings. The summed E-state index contributed by atoms with van der Waals surface area (Å²) in [5.74, 6) is -0.313. The second kappa shape index (κ2) is 6.05. The van der Waals surface area contributed by atoms with Gasteiger partial charge in [0, 0.05) is 12.4 Å². The molecule has 2 aromatic carbocycles. The quantitative estimate of drug-likeness (QED) is 0.688. The van der Waals surface area contributed by atoms with Crippen molar-refractivity contribution in [2.24, 2.45) is 0 Å². The van der Waals surface area contributed by atoms with E-state index in [1.807, 2.05) is 54.7 Å². The summed E-state index contributed by atoms with van der Waals surface area (Å²) in [6, 6.07) is 18.6. The van der Waals surface area contributed by atoms with Crippen LogP contribution in [0.3, 0.4) is 0 Å². The van der Waals surface area contributed by atoms with Gasteiger partial charge in [0.25, 0.3) is 0 Å². The van der Waals surface area contributed by atoms with Crippen molar-refractivity contribution in [2.45, 2.75) is 6.61 Å². The van der Waals surface area contributed by atoms with E-state index >= 15 is 0 Å². The molecule has 4 nitrogen and oxygen atoms in total. The second-order valence-corrected chi connectivity index (χ2v) is 4.56.